The molecule has 0 saturated carbocycles. The average molecular weight is 296 g/mol. The zero-order valence-corrected chi connectivity index (χ0v) is 12.8. The van der Waals surface area contributed by atoms with Gasteiger partial charge in [0.25, 0.3) is 0 Å². The van der Waals surface area contributed by atoms with Crippen molar-refractivity contribution in [3.05, 3.63) is 34.9 Å². The van der Waals surface area contributed by atoms with Crippen molar-refractivity contribution >= 4 is 17.5 Å². The molecule has 4 heteroatoms. The van der Waals surface area contributed by atoms with Gasteiger partial charge in [-0.25, -0.2) is 0 Å². The molecule has 1 amide bonds. The smallest absolute Gasteiger partial charge is 0.225 e. The average Bonchev–Trinajstić information content (AvgIpc) is 2.87. The highest BCUT2D eigenvalue weighted by Gasteiger charge is 2.31. The summed E-state index contributed by atoms with van der Waals surface area (Å²) in [7, 11) is 0. The highest BCUT2D eigenvalue weighted by atomic mass is 35.5. The molecule has 1 fully saturated rings. The summed E-state index contributed by atoms with van der Waals surface area (Å²) in [5.74, 6) is 0.340. The van der Waals surface area contributed by atoms with Crippen LogP contribution < -0.4 is 0 Å². The largest absolute Gasteiger partial charge is 0.393 e. The van der Waals surface area contributed by atoms with Crippen LogP contribution in [0.5, 0.6) is 0 Å². The van der Waals surface area contributed by atoms with Gasteiger partial charge in [-0.15, -0.1) is 0 Å². The molecule has 110 valence electrons. The Kier molecular flexibility index (Phi) is 5.06. The number of amides is 1. The number of rotatable bonds is 4. The quantitative estimate of drug-likeness (QED) is 0.928. The van der Waals surface area contributed by atoms with Gasteiger partial charge in [-0.2, -0.15) is 0 Å². The third-order valence-electron chi connectivity index (χ3n) is 4.07. The molecule has 0 bridgehead atoms. The third kappa shape index (κ3) is 3.74. The van der Waals surface area contributed by atoms with Crippen LogP contribution in [0, 0.1) is 11.8 Å². The van der Waals surface area contributed by atoms with Crippen LogP contribution in [0.4, 0.5) is 0 Å². The Morgan fingerprint density at radius 3 is 2.85 bits per heavy atom. The van der Waals surface area contributed by atoms with Crippen molar-refractivity contribution in [3.8, 4) is 0 Å². The highest BCUT2D eigenvalue weighted by molar-refractivity contribution is 6.30. The minimum absolute atomic E-state index is 0.0544. The molecule has 1 aromatic carbocycles. The minimum atomic E-state index is -0.337. The highest BCUT2D eigenvalue weighted by Crippen LogP contribution is 2.23. The molecule has 3 unspecified atom stereocenters. The number of benzene rings is 1. The van der Waals surface area contributed by atoms with Gasteiger partial charge < -0.3 is 10.0 Å². The molecule has 1 saturated heterocycles. The zero-order valence-electron chi connectivity index (χ0n) is 12.1. The van der Waals surface area contributed by atoms with E-state index in [-0.39, 0.29) is 23.8 Å². The summed E-state index contributed by atoms with van der Waals surface area (Å²) in [5.41, 5.74) is 1.09. The van der Waals surface area contributed by atoms with E-state index in [1.54, 1.807) is 6.92 Å². The van der Waals surface area contributed by atoms with Crippen molar-refractivity contribution in [1.82, 2.24) is 4.90 Å². The normalized spacial score (nSPS) is 21.8. The number of aliphatic hydroxyl groups excluding tert-OH is 1. The Morgan fingerprint density at radius 2 is 2.25 bits per heavy atom. The van der Waals surface area contributed by atoms with Crippen molar-refractivity contribution in [3.63, 3.8) is 0 Å². The fourth-order valence-electron chi connectivity index (χ4n) is 2.80. The lowest BCUT2D eigenvalue weighted by molar-refractivity contribution is -0.134. The maximum atomic E-state index is 12.4. The summed E-state index contributed by atoms with van der Waals surface area (Å²) in [5, 5.41) is 10.3. The lowest BCUT2D eigenvalue weighted by Gasteiger charge is -2.21. The molecule has 3 nitrogen and oxygen atoms in total. The summed E-state index contributed by atoms with van der Waals surface area (Å²) in [6, 6.07) is 7.66. The van der Waals surface area contributed by atoms with Crippen molar-refractivity contribution in [2.24, 2.45) is 11.8 Å². The van der Waals surface area contributed by atoms with E-state index in [4.69, 9.17) is 11.6 Å². The molecule has 1 aliphatic rings. The van der Waals surface area contributed by atoms with Crippen LogP contribution in [0.15, 0.2) is 24.3 Å². The van der Waals surface area contributed by atoms with E-state index < -0.39 is 0 Å². The zero-order chi connectivity index (χ0) is 14.7. The van der Waals surface area contributed by atoms with Crippen molar-refractivity contribution in [1.29, 1.82) is 0 Å². The molecule has 1 heterocycles. The Bertz CT molecular complexity index is 475. The second-order valence-electron chi connectivity index (χ2n) is 5.81. The van der Waals surface area contributed by atoms with E-state index in [9.17, 15) is 9.90 Å². The molecule has 0 aliphatic carbocycles. The van der Waals surface area contributed by atoms with E-state index in [2.05, 4.69) is 0 Å². The van der Waals surface area contributed by atoms with Gasteiger partial charge in [0.1, 0.15) is 0 Å². The van der Waals surface area contributed by atoms with E-state index in [0.717, 1.165) is 18.5 Å². The Balaban J connectivity index is 1.93. The topological polar surface area (TPSA) is 40.5 Å². The molecular weight excluding hydrogens is 274 g/mol. The number of halogens is 1. The first-order valence-electron chi connectivity index (χ1n) is 7.18. The molecule has 0 spiro atoms. The van der Waals surface area contributed by atoms with Crippen LogP contribution in [0.2, 0.25) is 5.02 Å². The SMILES string of the molecule is CC(Cc1cccc(Cl)c1)C(=O)N1CCC(C(C)O)C1. The van der Waals surface area contributed by atoms with Gasteiger partial charge in [0, 0.05) is 29.9 Å². The molecule has 3 atom stereocenters. The van der Waals surface area contributed by atoms with Crippen LogP contribution in [-0.4, -0.2) is 35.1 Å². The first-order valence-corrected chi connectivity index (χ1v) is 7.56. The van der Waals surface area contributed by atoms with E-state index in [1.165, 1.54) is 0 Å². The summed E-state index contributed by atoms with van der Waals surface area (Å²) in [4.78, 5) is 14.3. The number of hydrogen-bond donors (Lipinski definition) is 1. The maximum absolute atomic E-state index is 12.4. The van der Waals surface area contributed by atoms with Gasteiger partial charge in [0.05, 0.1) is 6.10 Å². The molecule has 2 rings (SSSR count). The van der Waals surface area contributed by atoms with Gasteiger partial charge in [-0.1, -0.05) is 30.7 Å². The van der Waals surface area contributed by atoms with Gasteiger partial charge in [-0.3, -0.25) is 4.79 Å². The first-order chi connectivity index (χ1) is 9.47. The van der Waals surface area contributed by atoms with Gasteiger partial charge >= 0.3 is 0 Å². The second-order valence-corrected chi connectivity index (χ2v) is 6.25. The first kappa shape index (κ1) is 15.3. The summed E-state index contributed by atoms with van der Waals surface area (Å²) < 4.78 is 0. The van der Waals surface area contributed by atoms with Crippen molar-refractivity contribution < 1.29 is 9.90 Å². The van der Waals surface area contributed by atoms with Crippen LogP contribution in [-0.2, 0) is 11.2 Å². The predicted molar refractivity (Wildman–Crippen MR) is 80.7 cm³/mol. The lowest BCUT2D eigenvalue weighted by atomic mass is 10.00. The second kappa shape index (κ2) is 6.59. The van der Waals surface area contributed by atoms with Crippen LogP contribution in [0.25, 0.3) is 0 Å². The van der Waals surface area contributed by atoms with Crippen LogP contribution >= 0.6 is 11.6 Å². The fraction of sp³-hybridized carbons (Fsp3) is 0.562. The van der Waals surface area contributed by atoms with E-state index >= 15 is 0 Å². The molecule has 20 heavy (non-hydrogen) atoms. The minimum Gasteiger partial charge on any atom is -0.393 e. The fourth-order valence-corrected chi connectivity index (χ4v) is 3.01. The number of hydrogen-bond acceptors (Lipinski definition) is 2. The molecule has 0 radical (unpaired) electrons. The molecule has 1 aliphatic heterocycles. The monoisotopic (exact) mass is 295 g/mol. The number of likely N-dealkylation sites (tertiary alicyclic amines) is 1. The van der Waals surface area contributed by atoms with Crippen LogP contribution in [0.3, 0.4) is 0 Å². The number of aliphatic hydroxyl groups is 1. The molecule has 1 N–H and O–H groups in total. The number of carbonyl (C=O) groups excluding carboxylic acids is 1. The summed E-state index contributed by atoms with van der Waals surface area (Å²) in [6.07, 6.45) is 1.26. The van der Waals surface area contributed by atoms with Crippen molar-refractivity contribution in [2.75, 3.05) is 13.1 Å². The standard InChI is InChI=1S/C16H22ClNO2/c1-11(8-13-4-3-5-15(17)9-13)16(20)18-7-6-14(10-18)12(2)19/h3-5,9,11-12,14,19H,6-8,10H2,1-2H3. The van der Waals surface area contributed by atoms with Crippen LogP contribution in [0.1, 0.15) is 25.8 Å². The Hall–Kier alpha value is -1.06. The third-order valence-corrected chi connectivity index (χ3v) is 4.31. The summed E-state index contributed by atoms with van der Waals surface area (Å²) in [6.45, 7) is 5.19. The molecular formula is C16H22ClNO2. The molecule has 0 aromatic heterocycles. The van der Waals surface area contributed by atoms with E-state index in [0.29, 0.717) is 18.0 Å². The van der Waals surface area contributed by atoms with Gasteiger partial charge in [0.2, 0.25) is 5.91 Å². The number of carbonyl (C=O) groups is 1. The Morgan fingerprint density at radius 1 is 1.50 bits per heavy atom. The van der Waals surface area contributed by atoms with Crippen molar-refractivity contribution in [2.45, 2.75) is 32.8 Å². The van der Waals surface area contributed by atoms with Gasteiger partial charge in [-0.05, 0) is 37.5 Å². The maximum Gasteiger partial charge on any atom is 0.225 e. The lowest BCUT2D eigenvalue weighted by Crippen LogP contribution is -2.35. The summed E-state index contributed by atoms with van der Waals surface area (Å²) >= 11 is 5.97. The number of nitrogens with zero attached hydrogens (tertiary/aromatic N) is 1. The molecule has 1 aromatic rings. The van der Waals surface area contributed by atoms with Gasteiger partial charge in [0.15, 0.2) is 0 Å². The predicted octanol–water partition coefficient (Wildman–Crippen LogP) is 2.75. The van der Waals surface area contributed by atoms with E-state index in [1.807, 2.05) is 36.1 Å². The Labute approximate surface area is 125 Å².